The van der Waals surface area contributed by atoms with E-state index in [0.29, 0.717) is 17.8 Å². The van der Waals surface area contributed by atoms with E-state index in [4.69, 9.17) is 28.9 Å². The summed E-state index contributed by atoms with van der Waals surface area (Å²) in [7, 11) is 0. The molecular formula is C15H14Cl2N2O2. The van der Waals surface area contributed by atoms with E-state index in [1.165, 1.54) is 12.1 Å². The van der Waals surface area contributed by atoms with E-state index in [2.05, 4.69) is 5.32 Å². The summed E-state index contributed by atoms with van der Waals surface area (Å²) in [6, 6.07) is 10.3. The summed E-state index contributed by atoms with van der Waals surface area (Å²) in [6.45, 7) is 0. The van der Waals surface area contributed by atoms with Gasteiger partial charge in [0.05, 0.1) is 10.0 Å². The first-order valence-corrected chi connectivity index (χ1v) is 7.04. The molecule has 0 atom stereocenters. The van der Waals surface area contributed by atoms with E-state index in [1.807, 2.05) is 18.2 Å². The third-order valence-electron chi connectivity index (χ3n) is 2.98. The van der Waals surface area contributed by atoms with Gasteiger partial charge < -0.3 is 16.2 Å². The number of benzene rings is 2. The number of phenolic OH excluding ortho intramolecular Hbond substituents is 1. The fourth-order valence-electron chi connectivity index (χ4n) is 1.87. The van der Waals surface area contributed by atoms with Gasteiger partial charge in [0.15, 0.2) is 5.75 Å². The molecule has 0 spiro atoms. The van der Waals surface area contributed by atoms with Crippen LogP contribution in [-0.4, -0.2) is 11.0 Å². The van der Waals surface area contributed by atoms with Gasteiger partial charge in [0.25, 0.3) is 0 Å². The summed E-state index contributed by atoms with van der Waals surface area (Å²) in [5.74, 6) is -0.385. The van der Waals surface area contributed by atoms with Gasteiger partial charge in [0, 0.05) is 17.8 Å². The molecule has 0 aromatic heterocycles. The van der Waals surface area contributed by atoms with Gasteiger partial charge in [-0.05, 0) is 30.2 Å². The summed E-state index contributed by atoms with van der Waals surface area (Å²) in [4.78, 5) is 11.9. The molecule has 0 aliphatic heterocycles. The Morgan fingerprint density at radius 2 is 1.81 bits per heavy atom. The molecule has 4 N–H and O–H groups in total. The van der Waals surface area contributed by atoms with Crippen LogP contribution in [-0.2, 0) is 11.2 Å². The Morgan fingerprint density at radius 1 is 1.19 bits per heavy atom. The Labute approximate surface area is 132 Å². The maximum atomic E-state index is 11.9. The second-order valence-electron chi connectivity index (χ2n) is 4.54. The van der Waals surface area contributed by atoms with E-state index < -0.39 is 0 Å². The van der Waals surface area contributed by atoms with E-state index >= 15 is 0 Å². The van der Waals surface area contributed by atoms with Gasteiger partial charge in [-0.15, -0.1) is 0 Å². The molecule has 0 saturated heterocycles. The van der Waals surface area contributed by atoms with Gasteiger partial charge in [0.2, 0.25) is 5.91 Å². The summed E-state index contributed by atoms with van der Waals surface area (Å²) in [6.07, 6.45) is 0.822. The number of anilines is 2. The summed E-state index contributed by atoms with van der Waals surface area (Å²) < 4.78 is 0. The number of nitrogens with one attached hydrogen (secondary N) is 1. The van der Waals surface area contributed by atoms with Crippen molar-refractivity contribution in [2.24, 2.45) is 0 Å². The number of nitrogen functional groups attached to an aromatic ring is 1. The molecule has 0 bridgehead atoms. The minimum Gasteiger partial charge on any atom is -0.505 e. The molecule has 1 amide bonds. The molecule has 2 aromatic carbocycles. The van der Waals surface area contributed by atoms with Crippen molar-refractivity contribution in [2.45, 2.75) is 12.8 Å². The van der Waals surface area contributed by atoms with Crippen molar-refractivity contribution in [3.8, 4) is 5.75 Å². The molecular weight excluding hydrogens is 311 g/mol. The Bertz CT molecular complexity index is 651. The topological polar surface area (TPSA) is 75.4 Å². The third kappa shape index (κ3) is 4.03. The Morgan fingerprint density at radius 3 is 2.43 bits per heavy atom. The number of amides is 1. The van der Waals surface area contributed by atoms with Crippen LogP contribution in [0.4, 0.5) is 11.4 Å². The number of phenols is 1. The highest BCUT2D eigenvalue weighted by Crippen LogP contribution is 2.34. The molecule has 4 nitrogen and oxygen atoms in total. The normalized spacial score (nSPS) is 10.4. The number of aromatic hydroxyl groups is 1. The van der Waals surface area contributed by atoms with E-state index in [-0.39, 0.29) is 28.1 Å². The number of carbonyl (C=O) groups is 1. The monoisotopic (exact) mass is 324 g/mol. The molecule has 0 heterocycles. The van der Waals surface area contributed by atoms with Gasteiger partial charge >= 0.3 is 0 Å². The number of carbonyl (C=O) groups excluding carboxylic acids is 1. The first-order chi connectivity index (χ1) is 9.97. The Balaban J connectivity index is 1.98. The van der Waals surface area contributed by atoms with Crippen molar-refractivity contribution >= 4 is 40.5 Å². The number of para-hydroxylation sites is 1. The van der Waals surface area contributed by atoms with Gasteiger partial charge in [0.1, 0.15) is 0 Å². The Hall–Kier alpha value is -1.91. The van der Waals surface area contributed by atoms with E-state index in [1.54, 1.807) is 6.07 Å². The molecule has 0 radical (unpaired) electrons. The van der Waals surface area contributed by atoms with Crippen LogP contribution in [0.5, 0.6) is 5.75 Å². The van der Waals surface area contributed by atoms with Crippen molar-refractivity contribution in [1.29, 1.82) is 0 Å². The molecule has 0 fully saturated rings. The van der Waals surface area contributed by atoms with Crippen LogP contribution in [0.3, 0.4) is 0 Å². The lowest BCUT2D eigenvalue weighted by atomic mass is 10.1. The smallest absolute Gasteiger partial charge is 0.224 e. The maximum Gasteiger partial charge on any atom is 0.224 e. The standard InChI is InChI=1S/C15H14Cl2N2O2/c16-11-7-10(8-12(17)15(11)21)19-14(20)6-5-9-3-1-2-4-13(9)18/h1-4,7-8,21H,5-6,18H2,(H,19,20). The third-order valence-corrected chi connectivity index (χ3v) is 3.55. The van der Waals surface area contributed by atoms with Crippen LogP contribution in [0.1, 0.15) is 12.0 Å². The zero-order chi connectivity index (χ0) is 15.4. The Kier molecular flexibility index (Phi) is 4.94. The van der Waals surface area contributed by atoms with Gasteiger partial charge in [-0.1, -0.05) is 41.4 Å². The van der Waals surface area contributed by atoms with Gasteiger partial charge in [-0.3, -0.25) is 4.79 Å². The predicted octanol–water partition coefficient (Wildman–Crippen LogP) is 3.85. The molecule has 6 heteroatoms. The highest BCUT2D eigenvalue weighted by molar-refractivity contribution is 6.37. The van der Waals surface area contributed by atoms with Crippen LogP contribution >= 0.6 is 23.2 Å². The first kappa shape index (κ1) is 15.5. The highest BCUT2D eigenvalue weighted by Gasteiger charge is 2.09. The van der Waals surface area contributed by atoms with Crippen LogP contribution in [0.25, 0.3) is 0 Å². The van der Waals surface area contributed by atoms with E-state index in [9.17, 15) is 9.90 Å². The lowest BCUT2D eigenvalue weighted by Gasteiger charge is -2.09. The molecule has 0 unspecified atom stereocenters. The largest absolute Gasteiger partial charge is 0.505 e. The molecule has 0 saturated carbocycles. The fraction of sp³-hybridized carbons (Fsp3) is 0.133. The lowest BCUT2D eigenvalue weighted by Crippen LogP contribution is -2.12. The van der Waals surface area contributed by atoms with Crippen molar-refractivity contribution in [1.82, 2.24) is 0 Å². The highest BCUT2D eigenvalue weighted by atomic mass is 35.5. The predicted molar refractivity (Wildman–Crippen MR) is 85.9 cm³/mol. The molecule has 0 aliphatic rings. The lowest BCUT2D eigenvalue weighted by molar-refractivity contribution is -0.116. The van der Waals surface area contributed by atoms with Crippen molar-refractivity contribution < 1.29 is 9.90 Å². The number of nitrogens with two attached hydrogens (primary N) is 1. The average Bonchev–Trinajstić information content (AvgIpc) is 2.44. The molecule has 21 heavy (non-hydrogen) atoms. The minimum absolute atomic E-state index is 0.0881. The van der Waals surface area contributed by atoms with Crippen LogP contribution in [0.2, 0.25) is 10.0 Å². The molecule has 2 aromatic rings. The minimum atomic E-state index is -0.201. The molecule has 110 valence electrons. The van der Waals surface area contributed by atoms with Crippen LogP contribution in [0, 0.1) is 0 Å². The van der Waals surface area contributed by atoms with Gasteiger partial charge in [-0.2, -0.15) is 0 Å². The maximum absolute atomic E-state index is 11.9. The summed E-state index contributed by atoms with van der Waals surface area (Å²) in [5.41, 5.74) is 7.85. The number of halogens is 2. The second kappa shape index (κ2) is 6.70. The molecule has 0 aliphatic carbocycles. The van der Waals surface area contributed by atoms with Crippen molar-refractivity contribution in [3.63, 3.8) is 0 Å². The average molecular weight is 325 g/mol. The summed E-state index contributed by atoms with van der Waals surface area (Å²) >= 11 is 11.6. The number of hydrogen-bond acceptors (Lipinski definition) is 3. The van der Waals surface area contributed by atoms with Crippen LogP contribution in [0.15, 0.2) is 36.4 Å². The fourth-order valence-corrected chi connectivity index (χ4v) is 2.36. The second-order valence-corrected chi connectivity index (χ2v) is 5.35. The zero-order valence-electron chi connectivity index (χ0n) is 11.1. The molecule has 2 rings (SSSR count). The quantitative estimate of drug-likeness (QED) is 0.590. The first-order valence-electron chi connectivity index (χ1n) is 6.28. The number of hydrogen-bond donors (Lipinski definition) is 3. The zero-order valence-corrected chi connectivity index (χ0v) is 12.6. The van der Waals surface area contributed by atoms with E-state index in [0.717, 1.165) is 5.56 Å². The van der Waals surface area contributed by atoms with Gasteiger partial charge in [-0.25, -0.2) is 0 Å². The summed E-state index contributed by atoms with van der Waals surface area (Å²) in [5, 5.41) is 12.3. The van der Waals surface area contributed by atoms with Crippen molar-refractivity contribution in [2.75, 3.05) is 11.1 Å². The van der Waals surface area contributed by atoms with Crippen LogP contribution < -0.4 is 11.1 Å². The van der Waals surface area contributed by atoms with Crippen molar-refractivity contribution in [3.05, 3.63) is 52.0 Å². The number of rotatable bonds is 4. The SMILES string of the molecule is Nc1ccccc1CCC(=O)Nc1cc(Cl)c(O)c(Cl)c1. The number of aryl methyl sites for hydroxylation is 1.